The maximum absolute atomic E-state index is 13.1. The molecule has 3 heterocycles. The van der Waals surface area contributed by atoms with Gasteiger partial charge in [0.25, 0.3) is 0 Å². The molecule has 2 fully saturated rings. The molecule has 3 aromatic rings. The number of aromatic nitrogens is 2. The van der Waals surface area contributed by atoms with Crippen LogP contribution in [0.4, 0.5) is 0 Å². The highest BCUT2D eigenvalue weighted by Crippen LogP contribution is 2.46. The van der Waals surface area contributed by atoms with Crippen LogP contribution in [-0.4, -0.2) is 39.4 Å². The van der Waals surface area contributed by atoms with Crippen LogP contribution in [0.25, 0.3) is 10.4 Å². The second-order valence-electron chi connectivity index (χ2n) is 11.0. The summed E-state index contributed by atoms with van der Waals surface area (Å²) >= 11 is 1.65. The first-order valence-electron chi connectivity index (χ1n) is 14.6. The van der Waals surface area contributed by atoms with E-state index in [9.17, 15) is 9.59 Å². The lowest BCUT2D eigenvalue weighted by molar-refractivity contribution is -0.140. The number of benzene rings is 1. The van der Waals surface area contributed by atoms with Gasteiger partial charge >= 0.3 is 0 Å². The van der Waals surface area contributed by atoms with Gasteiger partial charge in [0.1, 0.15) is 12.3 Å². The largest absolute Gasteiger partial charge is 0.365 e. The number of aryl methyl sites for hydroxylation is 2. The molecule has 2 aromatic heterocycles. The molecule has 1 atom stereocenters. The van der Waals surface area contributed by atoms with E-state index in [0.29, 0.717) is 13.0 Å². The molecule has 1 aliphatic heterocycles. The zero-order chi connectivity index (χ0) is 29.9. The molecule has 1 saturated heterocycles. The fourth-order valence-corrected chi connectivity index (χ4v) is 5.43. The van der Waals surface area contributed by atoms with Crippen molar-refractivity contribution in [1.82, 2.24) is 20.4 Å². The number of nitrogens with zero attached hydrogens (tertiary/aromatic N) is 3. The molecule has 1 unspecified atom stereocenters. The second kappa shape index (κ2) is 15.1. The number of amides is 2. The predicted octanol–water partition coefficient (Wildman–Crippen LogP) is 7.69. The summed E-state index contributed by atoms with van der Waals surface area (Å²) in [5.74, 6) is 0.0870. The first kappa shape index (κ1) is 33.2. The van der Waals surface area contributed by atoms with E-state index in [0.717, 1.165) is 48.2 Å². The maximum Gasteiger partial charge on any atom is 0.243 e. The van der Waals surface area contributed by atoms with Crippen molar-refractivity contribution in [2.45, 2.75) is 106 Å². The van der Waals surface area contributed by atoms with Crippen LogP contribution in [0.2, 0.25) is 0 Å². The number of rotatable bonds is 5. The number of nitrogens with one attached hydrogen (secondary N) is 1. The van der Waals surface area contributed by atoms with Gasteiger partial charge in [0, 0.05) is 19.0 Å². The van der Waals surface area contributed by atoms with Crippen LogP contribution in [0.15, 0.2) is 46.6 Å². The third-order valence-electron chi connectivity index (χ3n) is 6.68. The molecule has 0 bridgehead atoms. The Kier molecular flexibility index (Phi) is 12.6. The number of thiazole rings is 1. The van der Waals surface area contributed by atoms with Gasteiger partial charge in [-0.3, -0.25) is 9.59 Å². The number of hydrogen-bond acceptors (Lipinski definition) is 6. The Morgan fingerprint density at radius 2 is 1.73 bits per heavy atom. The van der Waals surface area contributed by atoms with Gasteiger partial charge in [-0.1, -0.05) is 77.9 Å². The van der Waals surface area contributed by atoms with Crippen LogP contribution in [0.1, 0.15) is 97.5 Å². The number of likely N-dealkylation sites (tertiary alicyclic amines) is 1. The van der Waals surface area contributed by atoms with E-state index in [2.05, 4.69) is 65.0 Å². The van der Waals surface area contributed by atoms with Crippen molar-refractivity contribution in [2.75, 3.05) is 6.54 Å². The minimum Gasteiger partial charge on any atom is -0.365 e. The highest BCUT2D eigenvalue weighted by molar-refractivity contribution is 7.13. The molecule has 1 aliphatic carbocycles. The van der Waals surface area contributed by atoms with Gasteiger partial charge in [-0.05, 0) is 56.1 Å². The Hall–Kier alpha value is -3.00. The standard InChI is InChI=1S/C24H31N3O2S.C4H5NO.2C2H6/c1-16-21(30-15-25-16)17-7-9-18(10-8-17)24(11-12-24)26-22(29)19-6-5-13-27(19)20(28)14-23(2,3)4;1-4-2-3-6-5-4;2*1-2/h7-10,15,19H,5-6,11-14H2,1-4H3,(H,26,29);2-3H,1H3;2*1-2H3. The lowest BCUT2D eigenvalue weighted by Gasteiger charge is -2.29. The fourth-order valence-electron chi connectivity index (χ4n) is 4.62. The zero-order valence-corrected chi connectivity index (χ0v) is 26.7. The van der Waals surface area contributed by atoms with Crippen molar-refractivity contribution in [1.29, 1.82) is 0 Å². The molecule has 40 heavy (non-hydrogen) atoms. The summed E-state index contributed by atoms with van der Waals surface area (Å²) in [5.41, 5.74) is 5.80. The monoisotopic (exact) mass is 568 g/mol. The maximum atomic E-state index is 13.1. The van der Waals surface area contributed by atoms with E-state index in [1.165, 1.54) is 4.88 Å². The molecule has 1 N–H and O–H groups in total. The van der Waals surface area contributed by atoms with Gasteiger partial charge < -0.3 is 14.7 Å². The Labute approximate surface area is 244 Å². The number of hydrogen-bond donors (Lipinski definition) is 1. The lowest BCUT2D eigenvalue weighted by atomic mass is 9.91. The molecule has 5 rings (SSSR count). The van der Waals surface area contributed by atoms with E-state index in [-0.39, 0.29) is 28.8 Å². The summed E-state index contributed by atoms with van der Waals surface area (Å²) in [6.45, 7) is 18.8. The van der Waals surface area contributed by atoms with Crippen LogP contribution in [0, 0.1) is 19.3 Å². The SMILES string of the molecule is CC.CC.Cc1ccon1.Cc1ncsc1-c1ccc(C2(NC(=O)C3CCCN3C(=O)CC(C)(C)C)CC2)cc1. The van der Waals surface area contributed by atoms with E-state index >= 15 is 0 Å². The summed E-state index contributed by atoms with van der Waals surface area (Å²) < 4.78 is 4.46. The highest BCUT2D eigenvalue weighted by atomic mass is 32.1. The quantitative estimate of drug-likeness (QED) is 0.341. The van der Waals surface area contributed by atoms with E-state index in [1.54, 1.807) is 28.6 Å². The molecular weight excluding hydrogens is 520 g/mol. The average molecular weight is 569 g/mol. The van der Waals surface area contributed by atoms with Crippen molar-refractivity contribution >= 4 is 23.2 Å². The van der Waals surface area contributed by atoms with Gasteiger partial charge in [0.05, 0.1) is 27.3 Å². The van der Waals surface area contributed by atoms with Gasteiger partial charge in [0.15, 0.2) is 0 Å². The van der Waals surface area contributed by atoms with Crippen molar-refractivity contribution in [3.63, 3.8) is 0 Å². The molecule has 0 spiro atoms. The smallest absolute Gasteiger partial charge is 0.243 e. The molecule has 1 aromatic carbocycles. The van der Waals surface area contributed by atoms with E-state index in [1.807, 2.05) is 47.1 Å². The van der Waals surface area contributed by atoms with Crippen LogP contribution < -0.4 is 5.32 Å². The van der Waals surface area contributed by atoms with Crippen LogP contribution >= 0.6 is 11.3 Å². The molecule has 220 valence electrons. The third-order valence-corrected chi connectivity index (χ3v) is 7.66. The molecule has 2 amide bonds. The Bertz CT molecular complexity index is 1180. The second-order valence-corrected chi connectivity index (χ2v) is 11.9. The lowest BCUT2D eigenvalue weighted by Crippen LogP contribution is -2.49. The molecule has 0 radical (unpaired) electrons. The Morgan fingerprint density at radius 3 is 2.17 bits per heavy atom. The summed E-state index contributed by atoms with van der Waals surface area (Å²) in [4.78, 5) is 33.2. The fraction of sp³-hybridized carbons (Fsp3) is 0.562. The van der Waals surface area contributed by atoms with Crippen molar-refractivity contribution in [2.24, 2.45) is 5.41 Å². The third kappa shape index (κ3) is 9.01. The topological polar surface area (TPSA) is 88.3 Å². The molecule has 1 saturated carbocycles. The first-order valence-corrected chi connectivity index (χ1v) is 15.5. The normalized spacial score (nSPS) is 16.8. The van der Waals surface area contributed by atoms with Gasteiger partial charge in [-0.25, -0.2) is 4.98 Å². The average Bonchev–Trinajstić information content (AvgIpc) is 3.32. The van der Waals surface area contributed by atoms with E-state index in [4.69, 9.17) is 0 Å². The Balaban J connectivity index is 0.000000482. The van der Waals surface area contributed by atoms with Gasteiger partial charge in [0.2, 0.25) is 11.8 Å². The minimum atomic E-state index is -0.337. The Morgan fingerprint density at radius 1 is 1.07 bits per heavy atom. The van der Waals surface area contributed by atoms with E-state index < -0.39 is 0 Å². The van der Waals surface area contributed by atoms with Crippen molar-refractivity contribution in [3.05, 3.63) is 59.1 Å². The summed E-state index contributed by atoms with van der Waals surface area (Å²) in [7, 11) is 0. The van der Waals surface area contributed by atoms with Crippen molar-refractivity contribution < 1.29 is 14.1 Å². The predicted molar refractivity (Wildman–Crippen MR) is 164 cm³/mol. The minimum absolute atomic E-state index is 0.00497. The summed E-state index contributed by atoms with van der Waals surface area (Å²) in [6, 6.07) is 9.96. The molecule has 8 heteroatoms. The molecule has 2 aliphatic rings. The molecule has 7 nitrogen and oxygen atoms in total. The highest BCUT2D eigenvalue weighted by Gasteiger charge is 2.48. The number of carbonyl (C=O) groups is 2. The first-order chi connectivity index (χ1) is 19.1. The number of carbonyl (C=O) groups excluding carboxylic acids is 2. The van der Waals surface area contributed by atoms with Crippen LogP contribution in [0.3, 0.4) is 0 Å². The van der Waals surface area contributed by atoms with Gasteiger partial charge in [-0.15, -0.1) is 11.3 Å². The van der Waals surface area contributed by atoms with Crippen LogP contribution in [-0.2, 0) is 15.1 Å². The summed E-state index contributed by atoms with van der Waals surface area (Å²) in [6.07, 6.45) is 5.56. The van der Waals surface area contributed by atoms with Gasteiger partial charge in [-0.2, -0.15) is 0 Å². The zero-order valence-electron chi connectivity index (χ0n) is 25.8. The summed E-state index contributed by atoms with van der Waals surface area (Å²) in [5, 5.41) is 6.84. The van der Waals surface area contributed by atoms with Crippen LogP contribution in [0.5, 0.6) is 0 Å². The molecular formula is C32H48N4O3S. The van der Waals surface area contributed by atoms with Crippen molar-refractivity contribution in [3.8, 4) is 10.4 Å².